The second-order valence-corrected chi connectivity index (χ2v) is 5.50. The van der Waals surface area contributed by atoms with Crippen molar-refractivity contribution < 1.29 is 4.92 Å². The molecule has 0 aliphatic carbocycles. The van der Waals surface area contributed by atoms with Gasteiger partial charge in [-0.3, -0.25) is 10.1 Å². The molecule has 0 spiro atoms. The van der Waals surface area contributed by atoms with Gasteiger partial charge in [-0.2, -0.15) is 0 Å². The minimum Gasteiger partial charge on any atom is -0.378 e. The minimum atomic E-state index is -0.381. The van der Waals surface area contributed by atoms with E-state index in [-0.39, 0.29) is 16.7 Å². The van der Waals surface area contributed by atoms with Crippen LogP contribution in [-0.4, -0.2) is 4.92 Å². The number of benzene rings is 2. The summed E-state index contributed by atoms with van der Waals surface area (Å²) in [6, 6.07) is 12.8. The number of nitrogens with zero attached hydrogens (tertiary/aromatic N) is 1. The Labute approximate surface area is 126 Å². The molecule has 0 heterocycles. The van der Waals surface area contributed by atoms with E-state index in [1.807, 2.05) is 38.1 Å². The highest BCUT2D eigenvalue weighted by molar-refractivity contribution is 9.10. The molecule has 0 radical (unpaired) electrons. The zero-order valence-electron chi connectivity index (χ0n) is 11.3. The number of anilines is 1. The van der Waals surface area contributed by atoms with E-state index in [2.05, 4.69) is 21.2 Å². The van der Waals surface area contributed by atoms with Gasteiger partial charge in [0.25, 0.3) is 5.69 Å². The molecule has 0 bridgehead atoms. The van der Waals surface area contributed by atoms with Gasteiger partial charge in [0, 0.05) is 28.3 Å². The first-order chi connectivity index (χ1) is 9.49. The summed E-state index contributed by atoms with van der Waals surface area (Å²) in [5, 5.41) is 14.2. The van der Waals surface area contributed by atoms with E-state index in [4.69, 9.17) is 0 Å². The van der Waals surface area contributed by atoms with Gasteiger partial charge in [0.1, 0.15) is 0 Å². The lowest BCUT2D eigenvalue weighted by atomic mass is 10.1. The summed E-state index contributed by atoms with van der Waals surface area (Å²) in [7, 11) is 0. The summed E-state index contributed by atoms with van der Waals surface area (Å²) in [6.45, 7) is 3.96. The Morgan fingerprint density at radius 2 is 1.95 bits per heavy atom. The van der Waals surface area contributed by atoms with Crippen LogP contribution in [-0.2, 0) is 0 Å². The van der Waals surface area contributed by atoms with Crippen LogP contribution in [0.15, 0.2) is 46.9 Å². The molecule has 104 valence electrons. The topological polar surface area (TPSA) is 55.2 Å². The van der Waals surface area contributed by atoms with Gasteiger partial charge in [-0.15, -0.1) is 0 Å². The average molecular weight is 335 g/mol. The molecular weight excluding hydrogens is 320 g/mol. The fourth-order valence-electron chi connectivity index (χ4n) is 2.02. The molecule has 1 atom stereocenters. The Hall–Kier alpha value is -1.88. The first-order valence-corrected chi connectivity index (χ1v) is 7.04. The van der Waals surface area contributed by atoms with Gasteiger partial charge >= 0.3 is 0 Å². The van der Waals surface area contributed by atoms with Crippen molar-refractivity contribution in [1.82, 2.24) is 0 Å². The van der Waals surface area contributed by atoms with Gasteiger partial charge in [0.05, 0.1) is 4.92 Å². The minimum absolute atomic E-state index is 0.0475. The fraction of sp³-hybridized carbons (Fsp3) is 0.200. The van der Waals surface area contributed by atoms with E-state index in [1.165, 1.54) is 6.07 Å². The summed E-state index contributed by atoms with van der Waals surface area (Å²) < 4.78 is 1.02. The third-order valence-corrected chi connectivity index (χ3v) is 3.90. The molecule has 4 nitrogen and oxygen atoms in total. The fourth-order valence-corrected chi connectivity index (χ4v) is 2.64. The molecule has 1 unspecified atom stereocenters. The number of nitro benzene ring substituents is 1. The van der Waals surface area contributed by atoms with Crippen LogP contribution in [0.2, 0.25) is 0 Å². The monoisotopic (exact) mass is 334 g/mol. The molecule has 0 amide bonds. The van der Waals surface area contributed by atoms with Crippen LogP contribution in [0.5, 0.6) is 0 Å². The van der Waals surface area contributed by atoms with E-state index in [9.17, 15) is 10.1 Å². The van der Waals surface area contributed by atoms with Crippen LogP contribution < -0.4 is 5.32 Å². The second kappa shape index (κ2) is 6.05. The first-order valence-electron chi connectivity index (χ1n) is 6.25. The maximum absolute atomic E-state index is 10.8. The maximum Gasteiger partial charge on any atom is 0.271 e. The van der Waals surface area contributed by atoms with Gasteiger partial charge < -0.3 is 5.32 Å². The van der Waals surface area contributed by atoms with E-state index < -0.39 is 0 Å². The molecule has 0 fully saturated rings. The van der Waals surface area contributed by atoms with Crippen molar-refractivity contribution in [3.63, 3.8) is 0 Å². The zero-order valence-corrected chi connectivity index (χ0v) is 12.8. The normalized spacial score (nSPS) is 11.9. The second-order valence-electron chi connectivity index (χ2n) is 4.64. The van der Waals surface area contributed by atoms with Crippen molar-refractivity contribution in [2.45, 2.75) is 19.9 Å². The Bertz CT molecular complexity index is 644. The van der Waals surface area contributed by atoms with Crippen molar-refractivity contribution in [2.24, 2.45) is 0 Å². The van der Waals surface area contributed by atoms with Crippen LogP contribution in [0.3, 0.4) is 0 Å². The average Bonchev–Trinajstić information content (AvgIpc) is 2.41. The number of aryl methyl sites for hydroxylation is 1. The van der Waals surface area contributed by atoms with E-state index >= 15 is 0 Å². The Kier molecular flexibility index (Phi) is 4.39. The lowest BCUT2D eigenvalue weighted by molar-refractivity contribution is -0.384. The number of hydrogen-bond donors (Lipinski definition) is 1. The van der Waals surface area contributed by atoms with Gasteiger partial charge in [-0.05, 0) is 31.0 Å². The summed E-state index contributed by atoms with van der Waals surface area (Å²) in [5.41, 5.74) is 2.97. The van der Waals surface area contributed by atoms with E-state index in [0.29, 0.717) is 0 Å². The molecule has 2 aromatic carbocycles. The molecular formula is C15H15BrN2O2. The molecule has 2 rings (SSSR count). The highest BCUT2D eigenvalue weighted by Gasteiger charge is 2.13. The number of nitrogens with one attached hydrogen (secondary N) is 1. The van der Waals surface area contributed by atoms with Gasteiger partial charge in [-0.1, -0.05) is 40.2 Å². The molecule has 0 saturated carbocycles. The van der Waals surface area contributed by atoms with Crippen LogP contribution in [0, 0.1) is 17.0 Å². The number of non-ortho nitro benzene ring substituents is 1. The summed E-state index contributed by atoms with van der Waals surface area (Å²) >= 11 is 3.52. The number of nitro groups is 1. The lowest BCUT2D eigenvalue weighted by Gasteiger charge is -2.18. The Balaban J connectivity index is 2.28. The third kappa shape index (κ3) is 3.17. The molecule has 2 aromatic rings. The molecule has 0 aliphatic rings. The number of halogens is 1. The quantitative estimate of drug-likeness (QED) is 0.642. The zero-order chi connectivity index (χ0) is 14.7. The van der Waals surface area contributed by atoms with Crippen LogP contribution in [0.25, 0.3) is 0 Å². The van der Waals surface area contributed by atoms with Crippen LogP contribution >= 0.6 is 15.9 Å². The molecule has 20 heavy (non-hydrogen) atoms. The van der Waals surface area contributed by atoms with Crippen LogP contribution in [0.1, 0.15) is 24.1 Å². The van der Waals surface area contributed by atoms with E-state index in [1.54, 1.807) is 12.1 Å². The van der Waals surface area contributed by atoms with E-state index in [0.717, 1.165) is 21.3 Å². The van der Waals surface area contributed by atoms with Crippen LogP contribution in [0.4, 0.5) is 11.4 Å². The van der Waals surface area contributed by atoms with Gasteiger partial charge in [0.2, 0.25) is 0 Å². The third-order valence-electron chi connectivity index (χ3n) is 3.18. The number of hydrogen-bond acceptors (Lipinski definition) is 3. The summed E-state index contributed by atoms with van der Waals surface area (Å²) in [6.07, 6.45) is 0. The van der Waals surface area contributed by atoms with Gasteiger partial charge in [-0.25, -0.2) is 0 Å². The van der Waals surface area contributed by atoms with Crippen molar-refractivity contribution in [2.75, 3.05) is 5.32 Å². The Morgan fingerprint density at radius 1 is 1.25 bits per heavy atom. The Morgan fingerprint density at radius 3 is 2.60 bits per heavy atom. The van der Waals surface area contributed by atoms with Crippen molar-refractivity contribution in [3.05, 3.63) is 68.2 Å². The predicted molar refractivity (Wildman–Crippen MR) is 84.0 cm³/mol. The lowest BCUT2D eigenvalue weighted by Crippen LogP contribution is -2.08. The van der Waals surface area contributed by atoms with Crippen molar-refractivity contribution in [3.8, 4) is 0 Å². The smallest absolute Gasteiger partial charge is 0.271 e. The highest BCUT2D eigenvalue weighted by Crippen LogP contribution is 2.29. The predicted octanol–water partition coefficient (Wildman–Crippen LogP) is 4.84. The molecule has 5 heteroatoms. The number of rotatable bonds is 4. The van der Waals surface area contributed by atoms with Crippen molar-refractivity contribution >= 4 is 27.3 Å². The summed E-state index contributed by atoms with van der Waals surface area (Å²) in [5.74, 6) is 0. The summed E-state index contributed by atoms with van der Waals surface area (Å²) in [4.78, 5) is 10.5. The molecule has 0 aliphatic heterocycles. The molecule has 0 aromatic heterocycles. The van der Waals surface area contributed by atoms with Gasteiger partial charge in [0.15, 0.2) is 0 Å². The molecule has 1 N–H and O–H groups in total. The first kappa shape index (κ1) is 14.5. The van der Waals surface area contributed by atoms with Crippen molar-refractivity contribution in [1.29, 1.82) is 0 Å². The SMILES string of the molecule is Cc1ccc([N+](=O)[O-])cc1NC(C)c1ccccc1Br. The standard InChI is InChI=1S/C15H15BrN2O2/c1-10-7-8-12(18(19)20)9-15(10)17-11(2)13-5-3-4-6-14(13)16/h3-9,11,17H,1-2H3. The maximum atomic E-state index is 10.8. The highest BCUT2D eigenvalue weighted by atomic mass is 79.9. The molecule has 0 saturated heterocycles. The largest absolute Gasteiger partial charge is 0.378 e.